The van der Waals surface area contributed by atoms with E-state index in [1.807, 2.05) is 57.2 Å². The maximum absolute atomic E-state index is 13.0. The number of carbonyl (C=O) groups excluding carboxylic acids is 2. The minimum Gasteiger partial charge on any atom is -0.492 e. The lowest BCUT2D eigenvalue weighted by Crippen LogP contribution is -2.43. The molecule has 210 valence electrons. The van der Waals surface area contributed by atoms with Crippen LogP contribution in [0.1, 0.15) is 58.2 Å². The van der Waals surface area contributed by atoms with E-state index in [1.165, 1.54) is 5.56 Å². The Labute approximate surface area is 237 Å². The van der Waals surface area contributed by atoms with Crippen LogP contribution in [0.4, 0.5) is 16.2 Å². The second-order valence-electron chi connectivity index (χ2n) is 11.7. The van der Waals surface area contributed by atoms with Gasteiger partial charge in [-0.1, -0.05) is 63.3 Å². The monoisotopic (exact) mass is 541 g/mol. The first kappa shape index (κ1) is 28.7. The van der Waals surface area contributed by atoms with Gasteiger partial charge >= 0.3 is 6.03 Å². The standard InChI is InChI=1S/C33H39N3O4/c1-22(2)23-9-8-10-25(19-23)33(6,7)35-31(38)34-26-13-16-29-28(20-26)36(30(37)21-40-29)17-18-39-27-14-11-24(12-15-27)32(3,4)5/h8-16,19-20H,1,17-18,21H2,2-7H3,(H2,34,35,38). The number of ether oxygens (including phenoxy) is 2. The smallest absolute Gasteiger partial charge is 0.319 e. The van der Waals surface area contributed by atoms with Crippen molar-refractivity contribution in [1.82, 2.24) is 5.32 Å². The van der Waals surface area contributed by atoms with Gasteiger partial charge in [-0.25, -0.2) is 4.79 Å². The third-order valence-electron chi connectivity index (χ3n) is 6.97. The van der Waals surface area contributed by atoms with E-state index in [2.05, 4.69) is 50.1 Å². The summed E-state index contributed by atoms with van der Waals surface area (Å²) in [6.45, 7) is 17.0. The zero-order chi connectivity index (χ0) is 29.1. The third kappa shape index (κ3) is 6.84. The number of urea groups is 1. The molecule has 4 rings (SSSR count). The largest absolute Gasteiger partial charge is 0.492 e. The Kier molecular flexibility index (Phi) is 8.24. The Morgan fingerprint density at radius 1 is 1.00 bits per heavy atom. The van der Waals surface area contributed by atoms with E-state index in [9.17, 15) is 9.59 Å². The zero-order valence-electron chi connectivity index (χ0n) is 24.3. The van der Waals surface area contributed by atoms with E-state index >= 15 is 0 Å². The summed E-state index contributed by atoms with van der Waals surface area (Å²) < 4.78 is 11.6. The minimum atomic E-state index is -0.628. The van der Waals surface area contributed by atoms with Crippen molar-refractivity contribution in [3.05, 3.63) is 90.0 Å². The van der Waals surface area contributed by atoms with Crippen LogP contribution < -0.4 is 25.0 Å². The molecule has 7 heteroatoms. The molecule has 0 saturated carbocycles. The molecular formula is C33H39N3O4. The number of hydrogen-bond donors (Lipinski definition) is 2. The fraction of sp³-hybridized carbons (Fsp3) is 0.333. The lowest BCUT2D eigenvalue weighted by Gasteiger charge is -2.30. The molecule has 40 heavy (non-hydrogen) atoms. The fourth-order valence-electron chi connectivity index (χ4n) is 4.52. The Morgan fingerprint density at radius 2 is 1.73 bits per heavy atom. The van der Waals surface area contributed by atoms with Crippen molar-refractivity contribution >= 4 is 28.9 Å². The van der Waals surface area contributed by atoms with Crippen LogP contribution in [0.25, 0.3) is 5.57 Å². The summed E-state index contributed by atoms with van der Waals surface area (Å²) in [4.78, 5) is 27.4. The van der Waals surface area contributed by atoms with Crippen LogP contribution in [0.5, 0.6) is 11.5 Å². The maximum Gasteiger partial charge on any atom is 0.319 e. The molecule has 0 spiro atoms. The molecule has 0 aliphatic carbocycles. The highest BCUT2D eigenvalue weighted by Gasteiger charge is 2.27. The van der Waals surface area contributed by atoms with Crippen LogP contribution in [0.3, 0.4) is 0 Å². The normalized spacial score (nSPS) is 13.2. The number of benzene rings is 3. The molecule has 3 aromatic rings. The topological polar surface area (TPSA) is 79.9 Å². The van der Waals surface area contributed by atoms with E-state index in [1.54, 1.807) is 23.1 Å². The van der Waals surface area contributed by atoms with Gasteiger partial charge in [0, 0.05) is 5.69 Å². The summed E-state index contributed by atoms with van der Waals surface area (Å²) in [5.74, 6) is 1.16. The Morgan fingerprint density at radius 3 is 2.40 bits per heavy atom. The number of anilines is 2. The fourth-order valence-corrected chi connectivity index (χ4v) is 4.52. The molecule has 0 radical (unpaired) electrons. The molecule has 1 aliphatic rings. The SMILES string of the molecule is C=C(C)c1cccc(C(C)(C)NC(=O)Nc2ccc3c(c2)N(CCOc2ccc(C(C)(C)C)cc2)C(=O)CO3)c1. The second-order valence-corrected chi connectivity index (χ2v) is 11.7. The number of carbonyl (C=O) groups is 2. The summed E-state index contributed by atoms with van der Waals surface area (Å²) in [6.07, 6.45) is 0. The van der Waals surface area contributed by atoms with Crippen LogP contribution in [-0.2, 0) is 15.7 Å². The highest BCUT2D eigenvalue weighted by atomic mass is 16.5. The number of amides is 3. The summed E-state index contributed by atoms with van der Waals surface area (Å²) >= 11 is 0. The number of rotatable bonds is 8. The van der Waals surface area contributed by atoms with Gasteiger partial charge in [-0.3, -0.25) is 4.79 Å². The first-order valence-electron chi connectivity index (χ1n) is 13.5. The van der Waals surface area contributed by atoms with E-state index < -0.39 is 5.54 Å². The van der Waals surface area contributed by atoms with Crippen LogP contribution in [0, 0.1) is 0 Å². The molecule has 7 nitrogen and oxygen atoms in total. The number of hydrogen-bond acceptors (Lipinski definition) is 4. The Hall–Kier alpha value is -4.26. The molecule has 1 heterocycles. The van der Waals surface area contributed by atoms with Gasteiger partial charge in [0.2, 0.25) is 0 Å². The van der Waals surface area contributed by atoms with Crippen LogP contribution in [0.15, 0.2) is 73.3 Å². The first-order valence-corrected chi connectivity index (χ1v) is 13.5. The highest BCUT2D eigenvalue weighted by Crippen LogP contribution is 2.35. The highest BCUT2D eigenvalue weighted by molar-refractivity contribution is 5.99. The molecule has 0 aromatic heterocycles. The summed E-state index contributed by atoms with van der Waals surface area (Å²) in [6, 6.07) is 20.9. The number of allylic oxidation sites excluding steroid dienone is 1. The predicted molar refractivity (Wildman–Crippen MR) is 161 cm³/mol. The molecule has 0 bridgehead atoms. The number of fused-ring (bicyclic) bond motifs is 1. The van der Waals surface area contributed by atoms with Crippen LogP contribution in [0.2, 0.25) is 0 Å². The van der Waals surface area contributed by atoms with Crippen molar-refractivity contribution in [2.24, 2.45) is 0 Å². The number of nitrogens with one attached hydrogen (secondary N) is 2. The quantitative estimate of drug-likeness (QED) is 0.326. The molecule has 1 aliphatic heterocycles. The van der Waals surface area contributed by atoms with Crippen molar-refractivity contribution < 1.29 is 19.1 Å². The Bertz CT molecular complexity index is 1400. The van der Waals surface area contributed by atoms with Gasteiger partial charge in [-0.15, -0.1) is 0 Å². The van der Waals surface area contributed by atoms with Gasteiger partial charge in [-0.2, -0.15) is 0 Å². The molecule has 0 fully saturated rings. The van der Waals surface area contributed by atoms with E-state index in [-0.39, 0.29) is 24.0 Å². The van der Waals surface area contributed by atoms with Crippen molar-refractivity contribution in [3.63, 3.8) is 0 Å². The molecule has 3 amide bonds. The van der Waals surface area contributed by atoms with Gasteiger partial charge in [-0.05, 0) is 79.3 Å². The van der Waals surface area contributed by atoms with E-state index in [0.717, 1.165) is 22.4 Å². The van der Waals surface area contributed by atoms with Crippen molar-refractivity contribution in [2.45, 2.75) is 52.5 Å². The van der Waals surface area contributed by atoms with Gasteiger partial charge < -0.3 is 25.0 Å². The van der Waals surface area contributed by atoms with Crippen molar-refractivity contribution in [3.8, 4) is 11.5 Å². The van der Waals surface area contributed by atoms with Gasteiger partial charge in [0.1, 0.15) is 18.1 Å². The minimum absolute atomic E-state index is 0.0437. The van der Waals surface area contributed by atoms with E-state index in [0.29, 0.717) is 30.3 Å². The summed E-state index contributed by atoms with van der Waals surface area (Å²) in [5.41, 5.74) is 4.75. The van der Waals surface area contributed by atoms with Gasteiger partial charge in [0.15, 0.2) is 6.61 Å². The van der Waals surface area contributed by atoms with Crippen molar-refractivity contribution in [1.29, 1.82) is 0 Å². The molecule has 0 saturated heterocycles. The first-order chi connectivity index (χ1) is 18.8. The summed E-state index contributed by atoms with van der Waals surface area (Å²) in [5, 5.41) is 5.94. The molecule has 0 atom stereocenters. The maximum atomic E-state index is 13.0. The van der Waals surface area contributed by atoms with Gasteiger partial charge in [0.05, 0.1) is 17.8 Å². The predicted octanol–water partition coefficient (Wildman–Crippen LogP) is 6.88. The van der Waals surface area contributed by atoms with Crippen LogP contribution >= 0.6 is 0 Å². The average Bonchev–Trinajstić information content (AvgIpc) is 2.89. The van der Waals surface area contributed by atoms with E-state index in [4.69, 9.17) is 9.47 Å². The lowest BCUT2D eigenvalue weighted by molar-refractivity contribution is -0.121. The third-order valence-corrected chi connectivity index (χ3v) is 6.97. The number of nitrogens with zero attached hydrogens (tertiary/aromatic N) is 1. The Balaban J connectivity index is 1.42. The molecular weight excluding hydrogens is 502 g/mol. The summed E-state index contributed by atoms with van der Waals surface area (Å²) in [7, 11) is 0. The zero-order valence-corrected chi connectivity index (χ0v) is 24.3. The second kappa shape index (κ2) is 11.5. The lowest BCUT2D eigenvalue weighted by atomic mass is 9.87. The average molecular weight is 542 g/mol. The molecule has 2 N–H and O–H groups in total. The van der Waals surface area contributed by atoms with Crippen LogP contribution in [-0.4, -0.2) is 31.7 Å². The van der Waals surface area contributed by atoms with Crippen molar-refractivity contribution in [2.75, 3.05) is 30.0 Å². The molecule has 3 aromatic carbocycles. The molecule has 0 unspecified atom stereocenters. The van der Waals surface area contributed by atoms with Gasteiger partial charge in [0.25, 0.3) is 5.91 Å².